The molecule has 30 heavy (non-hydrogen) atoms. The molecule has 0 radical (unpaired) electrons. The van der Waals surface area contributed by atoms with Gasteiger partial charge in [-0.3, -0.25) is 4.79 Å². The number of benzene rings is 2. The smallest absolute Gasteiger partial charge is 0.251 e. The number of carbonyl (C=O) groups is 1. The zero-order valence-electron chi connectivity index (χ0n) is 16.5. The lowest BCUT2D eigenvalue weighted by Crippen LogP contribution is -2.58. The van der Waals surface area contributed by atoms with E-state index in [1.807, 2.05) is 6.07 Å². The Morgan fingerprint density at radius 2 is 1.87 bits per heavy atom. The van der Waals surface area contributed by atoms with Gasteiger partial charge in [-0.1, -0.05) is 18.2 Å². The molecule has 1 aliphatic rings. The van der Waals surface area contributed by atoms with Crippen LogP contribution in [0, 0.1) is 0 Å². The largest absolute Gasteiger partial charge is 0.493 e. The summed E-state index contributed by atoms with van der Waals surface area (Å²) in [4.78, 5) is 11.9. The van der Waals surface area contributed by atoms with E-state index < -0.39 is 37.4 Å². The fraction of sp³-hybridized carbons (Fsp3) is 0.381. The van der Waals surface area contributed by atoms with Crippen LogP contribution in [0.4, 0.5) is 4.39 Å². The summed E-state index contributed by atoms with van der Waals surface area (Å²) in [5, 5.41) is 31.4. The second-order valence-electron chi connectivity index (χ2n) is 6.79. The first-order valence-corrected chi connectivity index (χ1v) is 9.33. The fourth-order valence-electron chi connectivity index (χ4n) is 3.19. The molecule has 162 valence electrons. The number of aliphatic hydroxyl groups excluding tert-OH is 3. The van der Waals surface area contributed by atoms with Crippen LogP contribution in [0.2, 0.25) is 0 Å². The number of hydrogen-bond acceptors (Lipinski definition) is 7. The molecular weight excluding hydrogens is 397 g/mol. The SMILES string of the molecule is CNC(=O)c1cccc(-c2ccc(OC3OC(CO)C(O)C(O)C3F)c(OC)c2)c1. The molecule has 2 aromatic carbocycles. The van der Waals surface area contributed by atoms with Gasteiger partial charge in [0.1, 0.15) is 18.3 Å². The van der Waals surface area contributed by atoms with Crippen molar-refractivity contribution in [3.8, 4) is 22.6 Å². The predicted molar refractivity (Wildman–Crippen MR) is 105 cm³/mol. The summed E-state index contributed by atoms with van der Waals surface area (Å²) in [5.74, 6) is 0.206. The third-order valence-electron chi connectivity index (χ3n) is 4.90. The van der Waals surface area contributed by atoms with Gasteiger partial charge in [0, 0.05) is 12.6 Å². The Labute approximate surface area is 172 Å². The molecule has 1 amide bonds. The van der Waals surface area contributed by atoms with Crippen molar-refractivity contribution in [3.05, 3.63) is 48.0 Å². The van der Waals surface area contributed by atoms with Crippen LogP contribution in [0.1, 0.15) is 10.4 Å². The number of methoxy groups -OCH3 is 1. The Hall–Kier alpha value is -2.72. The van der Waals surface area contributed by atoms with Crippen LogP contribution < -0.4 is 14.8 Å². The monoisotopic (exact) mass is 421 g/mol. The number of alkyl halides is 1. The third kappa shape index (κ3) is 4.39. The van der Waals surface area contributed by atoms with Crippen molar-refractivity contribution in [1.29, 1.82) is 0 Å². The maximum atomic E-state index is 14.4. The molecule has 1 aliphatic heterocycles. The average molecular weight is 421 g/mol. The zero-order chi connectivity index (χ0) is 21.8. The van der Waals surface area contributed by atoms with Gasteiger partial charge in [-0.25, -0.2) is 4.39 Å². The molecule has 0 bridgehead atoms. The first kappa shape index (κ1) is 22.0. The number of nitrogens with one attached hydrogen (secondary N) is 1. The van der Waals surface area contributed by atoms with E-state index in [4.69, 9.17) is 14.2 Å². The van der Waals surface area contributed by atoms with Crippen molar-refractivity contribution in [3.63, 3.8) is 0 Å². The molecule has 0 spiro atoms. The van der Waals surface area contributed by atoms with Crippen molar-refractivity contribution in [2.45, 2.75) is 30.8 Å². The number of hydrogen-bond donors (Lipinski definition) is 4. The number of rotatable bonds is 6. The Kier molecular flexibility index (Phi) is 6.88. The summed E-state index contributed by atoms with van der Waals surface area (Å²) in [7, 11) is 2.96. The van der Waals surface area contributed by atoms with Crippen molar-refractivity contribution in [2.75, 3.05) is 20.8 Å². The van der Waals surface area contributed by atoms with Gasteiger partial charge in [-0.2, -0.15) is 0 Å². The quantitative estimate of drug-likeness (QED) is 0.547. The molecule has 4 N–H and O–H groups in total. The first-order chi connectivity index (χ1) is 14.4. The van der Waals surface area contributed by atoms with Crippen LogP contribution in [0.3, 0.4) is 0 Å². The standard InChI is InChI=1S/C21H24FNO7/c1-23-20(27)13-5-3-4-11(8-13)12-6-7-14(15(9-12)28-2)29-21-17(22)19(26)18(25)16(10-24)30-21/h3-9,16-19,21,24-26H,10H2,1-2H3,(H,23,27). The van der Waals surface area contributed by atoms with Gasteiger partial charge in [0.05, 0.1) is 13.7 Å². The highest BCUT2D eigenvalue weighted by Gasteiger charge is 2.46. The van der Waals surface area contributed by atoms with Gasteiger partial charge in [-0.15, -0.1) is 0 Å². The van der Waals surface area contributed by atoms with Crippen molar-refractivity contribution in [2.24, 2.45) is 0 Å². The van der Waals surface area contributed by atoms with Crippen LogP contribution in [-0.2, 0) is 4.74 Å². The normalized spacial score (nSPS) is 26.1. The Morgan fingerprint density at radius 3 is 2.53 bits per heavy atom. The van der Waals surface area contributed by atoms with Crippen LogP contribution in [-0.4, -0.2) is 72.8 Å². The van der Waals surface area contributed by atoms with Gasteiger partial charge in [0.15, 0.2) is 17.7 Å². The summed E-state index contributed by atoms with van der Waals surface area (Å²) in [6.45, 7) is -0.609. The minimum atomic E-state index is -2.03. The second-order valence-corrected chi connectivity index (χ2v) is 6.79. The molecule has 1 fully saturated rings. The van der Waals surface area contributed by atoms with Crippen molar-refractivity contribution in [1.82, 2.24) is 5.32 Å². The number of carbonyl (C=O) groups excluding carboxylic acids is 1. The van der Waals surface area contributed by atoms with Gasteiger partial charge >= 0.3 is 0 Å². The van der Waals surface area contributed by atoms with Crippen molar-refractivity contribution >= 4 is 5.91 Å². The van der Waals surface area contributed by atoms with Gasteiger partial charge in [0.25, 0.3) is 5.91 Å². The summed E-state index contributed by atoms with van der Waals surface area (Å²) in [6.07, 6.45) is -8.09. The number of amides is 1. The fourth-order valence-corrected chi connectivity index (χ4v) is 3.19. The zero-order valence-corrected chi connectivity index (χ0v) is 16.5. The minimum Gasteiger partial charge on any atom is -0.493 e. The summed E-state index contributed by atoms with van der Waals surface area (Å²) in [5.41, 5.74) is 1.99. The van der Waals surface area contributed by atoms with E-state index in [2.05, 4.69) is 5.32 Å². The van der Waals surface area contributed by atoms with E-state index >= 15 is 0 Å². The molecule has 9 heteroatoms. The topological polar surface area (TPSA) is 117 Å². The molecule has 0 aromatic heterocycles. The lowest BCUT2D eigenvalue weighted by atomic mass is 10.00. The van der Waals surface area contributed by atoms with Gasteiger partial charge in [-0.05, 0) is 35.4 Å². The summed E-state index contributed by atoms with van der Waals surface area (Å²) in [6, 6.07) is 11.9. The molecule has 1 heterocycles. The molecule has 0 aliphatic carbocycles. The van der Waals surface area contributed by atoms with Crippen molar-refractivity contribution < 1.29 is 38.7 Å². The summed E-state index contributed by atoms with van der Waals surface area (Å²) < 4.78 is 30.5. The van der Waals surface area contributed by atoms with Gasteiger partial charge in [0.2, 0.25) is 6.29 Å². The van der Waals surface area contributed by atoms with Gasteiger partial charge < -0.3 is 34.8 Å². The van der Waals surface area contributed by atoms with Crippen LogP contribution >= 0.6 is 0 Å². The van der Waals surface area contributed by atoms with Crippen LogP contribution in [0.25, 0.3) is 11.1 Å². The molecule has 5 atom stereocenters. The molecule has 5 unspecified atom stereocenters. The van der Waals surface area contributed by atoms with Crippen LogP contribution in [0.15, 0.2) is 42.5 Å². The van der Waals surface area contributed by atoms with E-state index in [1.54, 1.807) is 43.4 Å². The highest BCUT2D eigenvalue weighted by molar-refractivity contribution is 5.95. The third-order valence-corrected chi connectivity index (χ3v) is 4.90. The lowest BCUT2D eigenvalue weighted by Gasteiger charge is -2.38. The number of halogens is 1. The lowest BCUT2D eigenvalue weighted by molar-refractivity contribution is -0.262. The average Bonchev–Trinajstić information content (AvgIpc) is 2.79. The highest BCUT2D eigenvalue weighted by Crippen LogP contribution is 2.35. The maximum Gasteiger partial charge on any atom is 0.251 e. The Bertz CT molecular complexity index is 891. The molecule has 8 nitrogen and oxygen atoms in total. The second kappa shape index (κ2) is 9.40. The van der Waals surface area contributed by atoms with E-state index in [9.17, 15) is 24.5 Å². The van der Waals surface area contributed by atoms with Crippen LogP contribution in [0.5, 0.6) is 11.5 Å². The molecule has 1 saturated heterocycles. The predicted octanol–water partition coefficient (Wildman–Crippen LogP) is 0.878. The van der Waals surface area contributed by atoms with E-state index in [0.717, 1.165) is 11.1 Å². The maximum absolute atomic E-state index is 14.4. The highest BCUT2D eigenvalue weighted by atomic mass is 19.1. The molecule has 2 aromatic rings. The van der Waals surface area contributed by atoms with E-state index in [1.165, 1.54) is 7.11 Å². The number of aliphatic hydroxyl groups is 3. The Morgan fingerprint density at radius 1 is 1.13 bits per heavy atom. The number of ether oxygens (including phenoxy) is 3. The molecular formula is C21H24FNO7. The molecule has 0 saturated carbocycles. The van der Waals surface area contributed by atoms with E-state index in [0.29, 0.717) is 5.56 Å². The Balaban J connectivity index is 1.85. The van der Waals surface area contributed by atoms with E-state index in [-0.39, 0.29) is 17.4 Å². The summed E-state index contributed by atoms with van der Waals surface area (Å²) >= 11 is 0. The molecule has 3 rings (SSSR count). The minimum absolute atomic E-state index is 0.150. The first-order valence-electron chi connectivity index (χ1n) is 9.33.